The highest BCUT2D eigenvalue weighted by Gasteiger charge is 2.20. The summed E-state index contributed by atoms with van der Waals surface area (Å²) >= 11 is 0. The molecule has 0 saturated carbocycles. The Hall–Kier alpha value is -3.91. The largest absolute Gasteiger partial charge is 0.495 e. The maximum atomic E-state index is 13.8. The van der Waals surface area contributed by atoms with Gasteiger partial charge in [0.25, 0.3) is 5.91 Å². The molecule has 0 aliphatic rings. The van der Waals surface area contributed by atoms with Gasteiger partial charge in [-0.25, -0.2) is 4.98 Å². The zero-order valence-corrected chi connectivity index (χ0v) is 22.6. The van der Waals surface area contributed by atoms with Gasteiger partial charge in [-0.1, -0.05) is 17.7 Å². The molecule has 2 aromatic heterocycles. The van der Waals surface area contributed by atoms with Crippen LogP contribution in [-0.2, 0) is 13.1 Å². The van der Waals surface area contributed by atoms with E-state index < -0.39 is 0 Å². The number of carbonyl (C=O) groups excluding carboxylic acids is 1. The fourth-order valence-electron chi connectivity index (χ4n) is 4.48. The standard InChI is InChI=1S/C29H36N6O2/c1-7-35-20(3)22(17-32-35)18-34(5)29(36)24-16-27(33-25-10-8-19(2)14-23(24)25)21-9-11-26(28(15-21)37-6)31-13-12-30-4/h8-11,14-17,30-31H,7,12-13,18H2,1-6H3. The molecule has 2 aromatic carbocycles. The maximum absolute atomic E-state index is 13.8. The average Bonchev–Trinajstić information content (AvgIpc) is 3.26. The lowest BCUT2D eigenvalue weighted by Gasteiger charge is -2.19. The van der Waals surface area contributed by atoms with Crippen molar-refractivity contribution in [1.29, 1.82) is 0 Å². The van der Waals surface area contributed by atoms with E-state index in [2.05, 4.69) is 22.7 Å². The van der Waals surface area contributed by atoms with E-state index in [1.165, 1.54) is 0 Å². The molecule has 37 heavy (non-hydrogen) atoms. The lowest BCUT2D eigenvalue weighted by molar-refractivity contribution is 0.0787. The predicted molar refractivity (Wildman–Crippen MR) is 149 cm³/mol. The smallest absolute Gasteiger partial charge is 0.254 e. The molecule has 4 rings (SSSR count). The van der Waals surface area contributed by atoms with Crippen molar-refractivity contribution in [3.8, 4) is 17.0 Å². The van der Waals surface area contributed by atoms with E-state index in [-0.39, 0.29) is 5.91 Å². The van der Waals surface area contributed by atoms with Gasteiger partial charge in [-0.2, -0.15) is 5.10 Å². The van der Waals surface area contributed by atoms with Crippen molar-refractivity contribution in [2.24, 2.45) is 0 Å². The molecular weight excluding hydrogens is 464 g/mol. The maximum Gasteiger partial charge on any atom is 0.254 e. The topological polar surface area (TPSA) is 84.3 Å². The second-order valence-corrected chi connectivity index (χ2v) is 9.25. The van der Waals surface area contributed by atoms with E-state index in [9.17, 15) is 4.79 Å². The SMILES string of the molecule is CCn1ncc(CN(C)C(=O)c2cc(-c3ccc(NCCNC)c(OC)c3)nc3ccc(C)cc23)c1C. The van der Waals surface area contributed by atoms with Crippen molar-refractivity contribution in [2.75, 3.05) is 39.6 Å². The Morgan fingerprint density at radius 1 is 1.11 bits per heavy atom. The van der Waals surface area contributed by atoms with Gasteiger partial charge in [0.05, 0.1) is 35.8 Å². The number of methoxy groups -OCH3 is 1. The Morgan fingerprint density at radius 2 is 1.92 bits per heavy atom. The third kappa shape index (κ3) is 5.59. The number of nitrogens with zero attached hydrogens (tertiary/aromatic N) is 4. The van der Waals surface area contributed by atoms with E-state index in [1.54, 1.807) is 12.0 Å². The molecule has 0 aliphatic carbocycles. The van der Waals surface area contributed by atoms with Crippen molar-refractivity contribution in [3.05, 3.63) is 71.0 Å². The summed E-state index contributed by atoms with van der Waals surface area (Å²) < 4.78 is 7.60. The van der Waals surface area contributed by atoms with Gasteiger partial charge in [0.15, 0.2) is 0 Å². The van der Waals surface area contributed by atoms with Crippen LogP contribution >= 0.6 is 0 Å². The number of hydrogen-bond donors (Lipinski definition) is 2. The number of hydrogen-bond acceptors (Lipinski definition) is 6. The van der Waals surface area contributed by atoms with Gasteiger partial charge in [-0.05, 0) is 58.2 Å². The fourth-order valence-corrected chi connectivity index (χ4v) is 4.48. The minimum atomic E-state index is -0.0554. The van der Waals surface area contributed by atoms with E-state index >= 15 is 0 Å². The molecule has 194 valence electrons. The van der Waals surface area contributed by atoms with Crippen LogP contribution in [0.15, 0.2) is 48.7 Å². The minimum absolute atomic E-state index is 0.0554. The first-order valence-corrected chi connectivity index (χ1v) is 12.6. The van der Waals surface area contributed by atoms with Crippen molar-refractivity contribution < 1.29 is 9.53 Å². The molecule has 2 heterocycles. The third-order valence-corrected chi connectivity index (χ3v) is 6.64. The quantitative estimate of drug-likeness (QED) is 0.309. The molecule has 0 bridgehead atoms. The monoisotopic (exact) mass is 500 g/mol. The zero-order valence-electron chi connectivity index (χ0n) is 22.6. The Morgan fingerprint density at radius 3 is 2.62 bits per heavy atom. The summed E-state index contributed by atoms with van der Waals surface area (Å²) in [5.41, 5.74) is 7.13. The number of likely N-dealkylation sites (N-methyl/N-ethyl adjacent to an activating group) is 1. The summed E-state index contributed by atoms with van der Waals surface area (Å²) in [4.78, 5) is 20.5. The summed E-state index contributed by atoms with van der Waals surface area (Å²) in [6.45, 7) is 9.03. The van der Waals surface area contributed by atoms with Crippen molar-refractivity contribution >= 4 is 22.5 Å². The van der Waals surface area contributed by atoms with Gasteiger partial charge in [0.2, 0.25) is 0 Å². The predicted octanol–water partition coefficient (Wildman–Crippen LogP) is 4.65. The Bertz CT molecular complexity index is 1410. The first-order chi connectivity index (χ1) is 17.9. The number of aromatic nitrogens is 3. The number of fused-ring (bicyclic) bond motifs is 1. The molecule has 8 nitrogen and oxygen atoms in total. The van der Waals surface area contributed by atoms with Crippen molar-refractivity contribution in [3.63, 3.8) is 0 Å². The van der Waals surface area contributed by atoms with Crippen LogP contribution in [0, 0.1) is 13.8 Å². The van der Waals surface area contributed by atoms with Gasteiger partial charge >= 0.3 is 0 Å². The van der Waals surface area contributed by atoms with Crippen LogP contribution in [0.1, 0.15) is 34.1 Å². The summed E-state index contributed by atoms with van der Waals surface area (Å²) in [5, 5.41) is 11.8. The highest BCUT2D eigenvalue weighted by atomic mass is 16.5. The van der Waals surface area contributed by atoms with Crippen LogP contribution < -0.4 is 15.4 Å². The zero-order chi connectivity index (χ0) is 26.5. The van der Waals surface area contributed by atoms with Crippen LogP contribution in [-0.4, -0.2) is 59.9 Å². The summed E-state index contributed by atoms with van der Waals surface area (Å²) in [6, 6.07) is 13.9. The van der Waals surface area contributed by atoms with Gasteiger partial charge in [0.1, 0.15) is 5.75 Å². The molecule has 0 fully saturated rings. The van der Waals surface area contributed by atoms with Crippen molar-refractivity contribution in [2.45, 2.75) is 33.9 Å². The van der Waals surface area contributed by atoms with Crippen LogP contribution in [0.4, 0.5) is 5.69 Å². The molecule has 0 unspecified atom stereocenters. The number of amides is 1. The van der Waals surface area contributed by atoms with Crippen LogP contribution in [0.5, 0.6) is 5.75 Å². The second kappa shape index (κ2) is 11.4. The van der Waals surface area contributed by atoms with Gasteiger partial charge in [-0.3, -0.25) is 9.48 Å². The number of carbonyl (C=O) groups is 1. The molecule has 0 radical (unpaired) electrons. The molecule has 0 atom stereocenters. The Balaban J connectivity index is 1.73. The Kier molecular flexibility index (Phi) is 8.08. The summed E-state index contributed by atoms with van der Waals surface area (Å²) in [5.74, 6) is 0.674. The van der Waals surface area contributed by atoms with Gasteiger partial charge in [0, 0.05) is 55.4 Å². The van der Waals surface area contributed by atoms with Crippen LogP contribution in [0.3, 0.4) is 0 Å². The van der Waals surface area contributed by atoms with Gasteiger partial charge in [-0.15, -0.1) is 0 Å². The molecule has 0 saturated heterocycles. The number of pyridine rings is 1. The van der Waals surface area contributed by atoms with Crippen molar-refractivity contribution in [1.82, 2.24) is 25.0 Å². The third-order valence-electron chi connectivity index (χ3n) is 6.64. The molecular formula is C29H36N6O2. The molecule has 0 spiro atoms. The number of ether oxygens (including phenoxy) is 1. The molecule has 2 N–H and O–H groups in total. The lowest BCUT2D eigenvalue weighted by atomic mass is 10.0. The summed E-state index contributed by atoms with van der Waals surface area (Å²) in [6.07, 6.45) is 1.85. The first-order valence-electron chi connectivity index (χ1n) is 12.6. The highest BCUT2D eigenvalue weighted by Crippen LogP contribution is 2.32. The number of nitrogens with one attached hydrogen (secondary N) is 2. The number of rotatable bonds is 10. The lowest BCUT2D eigenvalue weighted by Crippen LogP contribution is -2.27. The van der Waals surface area contributed by atoms with Gasteiger partial charge < -0.3 is 20.3 Å². The van der Waals surface area contributed by atoms with E-state index in [1.807, 2.05) is 81.3 Å². The fraction of sp³-hybridized carbons (Fsp3) is 0.345. The number of anilines is 1. The second-order valence-electron chi connectivity index (χ2n) is 9.25. The van der Waals surface area contributed by atoms with E-state index in [0.717, 1.165) is 70.1 Å². The molecule has 0 aliphatic heterocycles. The summed E-state index contributed by atoms with van der Waals surface area (Å²) in [7, 11) is 5.41. The Labute approximate surface area is 218 Å². The highest BCUT2D eigenvalue weighted by molar-refractivity contribution is 6.07. The molecule has 4 aromatic rings. The van der Waals surface area contributed by atoms with Crippen LogP contribution in [0.25, 0.3) is 22.2 Å². The normalized spacial score (nSPS) is 11.1. The number of aryl methyl sites for hydroxylation is 2. The minimum Gasteiger partial charge on any atom is -0.495 e. The first kappa shape index (κ1) is 26.2. The number of benzene rings is 2. The van der Waals surface area contributed by atoms with Crippen LogP contribution in [0.2, 0.25) is 0 Å². The molecule has 1 amide bonds. The van der Waals surface area contributed by atoms with E-state index in [4.69, 9.17) is 9.72 Å². The molecule has 8 heteroatoms. The average molecular weight is 501 g/mol. The van der Waals surface area contributed by atoms with E-state index in [0.29, 0.717) is 12.1 Å².